The Balaban J connectivity index is 1.14. The summed E-state index contributed by atoms with van der Waals surface area (Å²) in [4.78, 5) is 7.42. The summed E-state index contributed by atoms with van der Waals surface area (Å²) in [6.07, 6.45) is 13.2. The third-order valence-electron chi connectivity index (χ3n) is 9.70. The first-order valence-corrected chi connectivity index (χ1v) is 17.9. The Labute approximate surface area is 276 Å². The molecule has 1 saturated carbocycles. The molecule has 0 unspecified atom stereocenters. The Hall–Kier alpha value is -1.73. The Morgan fingerprint density at radius 3 is 2.13 bits per heavy atom. The van der Waals surface area contributed by atoms with Crippen LogP contribution in [0.15, 0.2) is 36.8 Å². The van der Waals surface area contributed by atoms with Gasteiger partial charge in [0.1, 0.15) is 0 Å². The van der Waals surface area contributed by atoms with Crippen LogP contribution in [0.3, 0.4) is 0 Å². The normalized spacial score (nSPS) is 21.6. The molecule has 6 nitrogen and oxygen atoms in total. The Morgan fingerprint density at radius 1 is 0.889 bits per heavy atom. The second-order valence-electron chi connectivity index (χ2n) is 18.2. The molecule has 1 aliphatic heterocycles. The molecule has 1 aliphatic carbocycles. The number of ether oxygens (including phenoxy) is 1. The van der Waals surface area contributed by atoms with Crippen LogP contribution in [0.25, 0.3) is 11.3 Å². The third-order valence-corrected chi connectivity index (χ3v) is 9.70. The van der Waals surface area contributed by atoms with Gasteiger partial charge in [-0.1, -0.05) is 58.9 Å². The maximum Gasteiger partial charge on any atom is 0.0956 e. The number of benzene rings is 1. The van der Waals surface area contributed by atoms with Gasteiger partial charge in [0, 0.05) is 61.1 Å². The van der Waals surface area contributed by atoms with E-state index in [1.807, 2.05) is 6.33 Å². The quantitative estimate of drug-likeness (QED) is 0.222. The SMILES string of the molecule is C[C@@H](CNC(C)(C)CCC(C)(C)CN1CCC(OC2CC(NC(C)(C)C)C2)CC1)n1cnc(-c2ccc(CC(C)(C)C)cc2)c1. The van der Waals surface area contributed by atoms with E-state index in [1.165, 1.54) is 49.8 Å². The zero-order valence-corrected chi connectivity index (χ0v) is 30.8. The van der Waals surface area contributed by atoms with Crippen molar-refractivity contribution in [3.05, 3.63) is 42.4 Å². The smallest absolute Gasteiger partial charge is 0.0956 e. The highest BCUT2D eigenvalue weighted by molar-refractivity contribution is 5.58. The molecule has 0 radical (unpaired) electrons. The fraction of sp³-hybridized carbons (Fsp3) is 0.769. The summed E-state index contributed by atoms with van der Waals surface area (Å²) in [5.41, 5.74) is 4.49. The Bertz CT molecular complexity index is 1170. The minimum Gasteiger partial charge on any atom is -0.375 e. The van der Waals surface area contributed by atoms with Crippen molar-refractivity contribution < 1.29 is 4.74 Å². The Kier molecular flexibility index (Phi) is 11.7. The van der Waals surface area contributed by atoms with Crippen molar-refractivity contribution in [3.63, 3.8) is 0 Å². The van der Waals surface area contributed by atoms with Gasteiger partial charge in [-0.3, -0.25) is 0 Å². The molecule has 2 fully saturated rings. The van der Waals surface area contributed by atoms with Crippen molar-refractivity contribution in [2.24, 2.45) is 10.8 Å². The highest BCUT2D eigenvalue weighted by atomic mass is 16.5. The summed E-state index contributed by atoms with van der Waals surface area (Å²) in [7, 11) is 0. The van der Waals surface area contributed by atoms with E-state index in [4.69, 9.17) is 9.72 Å². The lowest BCUT2D eigenvalue weighted by molar-refractivity contribution is -0.0885. The van der Waals surface area contributed by atoms with Gasteiger partial charge in [0.25, 0.3) is 0 Å². The van der Waals surface area contributed by atoms with E-state index in [-0.39, 0.29) is 11.1 Å². The van der Waals surface area contributed by atoms with Crippen LogP contribution in [0.2, 0.25) is 0 Å². The minimum atomic E-state index is 0.0845. The number of piperidine rings is 1. The lowest BCUT2D eigenvalue weighted by atomic mass is 9.82. The number of aromatic nitrogens is 2. The number of nitrogens with zero attached hydrogens (tertiary/aromatic N) is 3. The predicted octanol–water partition coefficient (Wildman–Crippen LogP) is 8.27. The van der Waals surface area contributed by atoms with Crippen molar-refractivity contribution in [1.29, 1.82) is 0 Å². The second-order valence-corrected chi connectivity index (χ2v) is 18.2. The van der Waals surface area contributed by atoms with E-state index in [2.05, 4.69) is 127 Å². The number of likely N-dealkylation sites (tertiary alicyclic amines) is 1. The zero-order valence-electron chi connectivity index (χ0n) is 30.8. The second kappa shape index (κ2) is 14.6. The van der Waals surface area contributed by atoms with Gasteiger partial charge in [-0.05, 0) is 103 Å². The highest BCUT2D eigenvalue weighted by Gasteiger charge is 2.35. The Morgan fingerprint density at radius 2 is 1.53 bits per heavy atom. The average Bonchev–Trinajstić information content (AvgIpc) is 3.40. The lowest BCUT2D eigenvalue weighted by Gasteiger charge is -2.43. The van der Waals surface area contributed by atoms with Gasteiger partial charge in [0.2, 0.25) is 0 Å². The van der Waals surface area contributed by atoms with Gasteiger partial charge >= 0.3 is 0 Å². The van der Waals surface area contributed by atoms with Crippen LogP contribution in [-0.2, 0) is 11.2 Å². The van der Waals surface area contributed by atoms with E-state index >= 15 is 0 Å². The number of rotatable bonds is 14. The summed E-state index contributed by atoms with van der Waals surface area (Å²) in [5, 5.41) is 7.59. The van der Waals surface area contributed by atoms with E-state index in [1.54, 1.807) is 0 Å². The van der Waals surface area contributed by atoms with Crippen LogP contribution in [0.1, 0.15) is 126 Å². The van der Waals surface area contributed by atoms with Crippen molar-refractivity contribution in [2.45, 2.75) is 156 Å². The first-order valence-electron chi connectivity index (χ1n) is 17.9. The number of nitrogens with one attached hydrogen (secondary N) is 2. The molecular formula is C39H67N5O. The van der Waals surface area contributed by atoms with Crippen molar-refractivity contribution >= 4 is 0 Å². The van der Waals surface area contributed by atoms with Gasteiger partial charge < -0.3 is 24.8 Å². The van der Waals surface area contributed by atoms with Crippen LogP contribution in [0, 0.1) is 10.8 Å². The molecule has 0 bridgehead atoms. The van der Waals surface area contributed by atoms with Crippen molar-refractivity contribution in [1.82, 2.24) is 25.1 Å². The van der Waals surface area contributed by atoms with Gasteiger partial charge in [-0.25, -0.2) is 4.98 Å². The van der Waals surface area contributed by atoms with Crippen LogP contribution in [0.5, 0.6) is 0 Å². The molecular weight excluding hydrogens is 554 g/mol. The van der Waals surface area contributed by atoms with Crippen LogP contribution in [-0.4, -0.2) is 70.0 Å². The van der Waals surface area contributed by atoms with Crippen LogP contribution >= 0.6 is 0 Å². The zero-order chi connectivity index (χ0) is 33.0. The summed E-state index contributed by atoms with van der Waals surface area (Å²) >= 11 is 0. The maximum atomic E-state index is 6.48. The number of imidazole rings is 1. The summed E-state index contributed by atoms with van der Waals surface area (Å²) in [5.74, 6) is 0. The van der Waals surface area contributed by atoms with Gasteiger partial charge in [0.05, 0.1) is 24.2 Å². The predicted molar refractivity (Wildman–Crippen MR) is 191 cm³/mol. The topological polar surface area (TPSA) is 54.4 Å². The first-order chi connectivity index (χ1) is 20.8. The summed E-state index contributed by atoms with van der Waals surface area (Å²) in [6.45, 7) is 30.0. The number of hydrogen-bond donors (Lipinski definition) is 2. The molecule has 6 heteroatoms. The van der Waals surface area contributed by atoms with Crippen molar-refractivity contribution in [2.75, 3.05) is 26.2 Å². The first kappa shape index (κ1) is 36.1. The summed E-state index contributed by atoms with van der Waals surface area (Å²) < 4.78 is 8.74. The largest absolute Gasteiger partial charge is 0.375 e. The molecule has 0 spiro atoms. The van der Waals surface area contributed by atoms with E-state index in [0.29, 0.717) is 35.1 Å². The molecule has 0 amide bonds. The monoisotopic (exact) mass is 622 g/mol. The third kappa shape index (κ3) is 12.1. The van der Waals surface area contributed by atoms with Gasteiger partial charge in [-0.15, -0.1) is 0 Å². The molecule has 2 heterocycles. The van der Waals surface area contributed by atoms with E-state index in [0.717, 1.165) is 38.2 Å². The van der Waals surface area contributed by atoms with Crippen molar-refractivity contribution in [3.8, 4) is 11.3 Å². The summed E-state index contributed by atoms with van der Waals surface area (Å²) in [6, 6.07) is 9.90. The van der Waals surface area contributed by atoms with Gasteiger partial charge in [0.15, 0.2) is 0 Å². The maximum absolute atomic E-state index is 6.48. The fourth-order valence-electron chi connectivity index (χ4n) is 6.97. The van der Waals surface area contributed by atoms with E-state index in [9.17, 15) is 0 Å². The molecule has 254 valence electrons. The van der Waals surface area contributed by atoms with E-state index < -0.39 is 0 Å². The standard InChI is InChI=1S/C39H67N5O/c1-29(44-26-35(40-28-44)31-14-12-30(13-15-31)24-36(2,3)4)25-41-39(10,11)19-18-38(8,9)27-43-20-16-33(17-21-43)45-34-22-32(23-34)42-37(5,6)7/h12-15,26,28-29,32-34,41-42H,16-25,27H2,1-11H3/t29-,32?,34?/m0/s1. The molecule has 1 atom stereocenters. The number of hydrogen-bond acceptors (Lipinski definition) is 5. The molecule has 1 aromatic heterocycles. The molecule has 2 N–H and O–H groups in total. The average molecular weight is 622 g/mol. The molecule has 1 aromatic carbocycles. The lowest BCUT2D eigenvalue weighted by Crippen LogP contribution is -2.53. The minimum absolute atomic E-state index is 0.0845. The molecule has 2 aromatic rings. The molecule has 4 rings (SSSR count). The van der Waals surface area contributed by atoms with Crippen LogP contribution < -0.4 is 10.6 Å². The molecule has 45 heavy (non-hydrogen) atoms. The molecule has 1 saturated heterocycles. The van der Waals surface area contributed by atoms with Gasteiger partial charge in [-0.2, -0.15) is 0 Å². The highest BCUT2D eigenvalue weighted by Crippen LogP contribution is 2.32. The van der Waals surface area contributed by atoms with Crippen LogP contribution in [0.4, 0.5) is 0 Å². The molecule has 2 aliphatic rings. The fourth-order valence-corrected chi connectivity index (χ4v) is 6.97.